The van der Waals surface area contributed by atoms with Crippen molar-refractivity contribution in [2.75, 3.05) is 20.3 Å². The molecule has 112 valence electrons. The molecule has 0 aliphatic rings. The van der Waals surface area contributed by atoms with Crippen molar-refractivity contribution in [2.24, 2.45) is 0 Å². The molecule has 0 amide bonds. The van der Waals surface area contributed by atoms with Crippen LogP contribution >= 0.6 is 7.60 Å². The van der Waals surface area contributed by atoms with Gasteiger partial charge in [0.15, 0.2) is 0 Å². The fourth-order valence-electron chi connectivity index (χ4n) is 1.62. The van der Waals surface area contributed by atoms with Gasteiger partial charge in [-0.2, -0.15) is 0 Å². The summed E-state index contributed by atoms with van der Waals surface area (Å²) in [4.78, 5) is 23.1. The molecule has 0 aromatic rings. The zero-order chi connectivity index (χ0) is 15.1. The molecule has 0 aromatic heterocycles. The number of esters is 1. The Labute approximate surface area is 114 Å². The van der Waals surface area contributed by atoms with E-state index in [9.17, 15) is 14.2 Å². The van der Waals surface area contributed by atoms with Gasteiger partial charge < -0.3 is 13.8 Å². The van der Waals surface area contributed by atoms with Gasteiger partial charge in [-0.15, -0.1) is 0 Å². The van der Waals surface area contributed by atoms with Crippen molar-refractivity contribution < 1.29 is 27.9 Å². The molecule has 1 atom stereocenters. The number of ether oxygens (including phenoxy) is 1. The monoisotopic (exact) mass is 294 g/mol. The Morgan fingerprint density at radius 3 is 1.95 bits per heavy atom. The van der Waals surface area contributed by atoms with E-state index in [1.54, 1.807) is 13.8 Å². The molecule has 0 heterocycles. The summed E-state index contributed by atoms with van der Waals surface area (Å²) in [7, 11) is -2.36. The minimum Gasteiger partial charge on any atom is -0.469 e. The highest BCUT2D eigenvalue weighted by atomic mass is 31.2. The Hall–Kier alpha value is -0.710. The van der Waals surface area contributed by atoms with E-state index in [1.807, 2.05) is 0 Å². The maximum atomic E-state index is 12.8. The van der Waals surface area contributed by atoms with Crippen LogP contribution in [-0.4, -0.2) is 37.2 Å². The summed E-state index contributed by atoms with van der Waals surface area (Å²) in [6.07, 6.45) is 0.0446. The van der Waals surface area contributed by atoms with Gasteiger partial charge >= 0.3 is 13.6 Å². The fraction of sp³-hybridized carbons (Fsp3) is 0.833. The lowest BCUT2D eigenvalue weighted by Gasteiger charge is -2.33. The van der Waals surface area contributed by atoms with Crippen LogP contribution in [0.3, 0.4) is 0 Å². The molecule has 0 aliphatic carbocycles. The van der Waals surface area contributed by atoms with Crippen LogP contribution in [0.5, 0.6) is 0 Å². The van der Waals surface area contributed by atoms with Crippen molar-refractivity contribution >= 4 is 19.3 Å². The van der Waals surface area contributed by atoms with Crippen LogP contribution in [-0.2, 0) is 27.9 Å². The zero-order valence-corrected chi connectivity index (χ0v) is 13.1. The van der Waals surface area contributed by atoms with Gasteiger partial charge in [0.1, 0.15) is 10.9 Å². The number of carbonyl (C=O) groups is 2. The highest BCUT2D eigenvalue weighted by molar-refractivity contribution is 7.56. The summed E-state index contributed by atoms with van der Waals surface area (Å²) in [5.41, 5.74) is 0. The Kier molecular flexibility index (Phi) is 7.49. The lowest BCUT2D eigenvalue weighted by atomic mass is 10.0. The number of Topliss-reactive ketones (excluding diaryl/α,β-unsaturated/α-hetero) is 1. The van der Waals surface area contributed by atoms with Crippen molar-refractivity contribution in [3.8, 4) is 0 Å². The Morgan fingerprint density at radius 1 is 1.16 bits per heavy atom. The summed E-state index contributed by atoms with van der Waals surface area (Å²) < 4.78 is 27.7. The third-order valence-electron chi connectivity index (χ3n) is 3.00. The Balaban J connectivity index is 5.27. The van der Waals surface area contributed by atoms with Gasteiger partial charge in [0.25, 0.3) is 0 Å². The van der Waals surface area contributed by atoms with E-state index < -0.39 is 18.7 Å². The van der Waals surface area contributed by atoms with Crippen molar-refractivity contribution in [1.29, 1.82) is 0 Å². The van der Waals surface area contributed by atoms with Crippen molar-refractivity contribution in [1.82, 2.24) is 0 Å². The van der Waals surface area contributed by atoms with E-state index in [4.69, 9.17) is 9.05 Å². The molecule has 0 bridgehead atoms. The first-order valence-electron chi connectivity index (χ1n) is 6.24. The van der Waals surface area contributed by atoms with E-state index in [1.165, 1.54) is 21.0 Å². The number of hydrogen-bond acceptors (Lipinski definition) is 6. The highest BCUT2D eigenvalue weighted by Crippen LogP contribution is 2.62. The first-order valence-corrected chi connectivity index (χ1v) is 7.78. The molecule has 0 saturated heterocycles. The quantitative estimate of drug-likeness (QED) is 0.480. The molecule has 6 nitrogen and oxygen atoms in total. The maximum Gasteiger partial charge on any atom is 0.343 e. The molecule has 0 N–H and O–H groups in total. The third kappa shape index (κ3) is 4.41. The fourth-order valence-corrected chi connectivity index (χ4v) is 3.71. The molecule has 0 aromatic carbocycles. The van der Waals surface area contributed by atoms with Crippen LogP contribution in [0.4, 0.5) is 0 Å². The molecule has 0 unspecified atom stereocenters. The number of rotatable bonds is 9. The smallest absolute Gasteiger partial charge is 0.343 e. The summed E-state index contributed by atoms with van der Waals surface area (Å²) in [5.74, 6) is -0.798. The van der Waals surface area contributed by atoms with E-state index in [0.717, 1.165) is 0 Å². The number of methoxy groups -OCH3 is 1. The normalized spacial score (nSPS) is 14.8. The molecule has 19 heavy (non-hydrogen) atoms. The topological polar surface area (TPSA) is 78.9 Å². The molecular formula is C12H23O6P. The largest absolute Gasteiger partial charge is 0.469 e. The number of hydrogen-bond donors (Lipinski definition) is 0. The van der Waals surface area contributed by atoms with Gasteiger partial charge in [0, 0.05) is 6.42 Å². The van der Waals surface area contributed by atoms with Gasteiger partial charge in [-0.1, -0.05) is 0 Å². The van der Waals surface area contributed by atoms with Crippen LogP contribution in [0, 0.1) is 0 Å². The maximum absolute atomic E-state index is 12.8. The minimum absolute atomic E-state index is 0.0171. The van der Waals surface area contributed by atoms with Gasteiger partial charge in [-0.3, -0.25) is 14.2 Å². The predicted molar refractivity (Wildman–Crippen MR) is 71.2 cm³/mol. The Morgan fingerprint density at radius 2 is 1.63 bits per heavy atom. The molecule has 7 heteroatoms. The minimum atomic E-state index is -3.62. The molecule has 0 aliphatic heterocycles. The molecule has 0 spiro atoms. The first-order chi connectivity index (χ1) is 8.77. The van der Waals surface area contributed by atoms with Crippen molar-refractivity contribution in [3.05, 3.63) is 0 Å². The number of carbonyl (C=O) groups excluding carboxylic acids is 2. The molecule has 0 saturated carbocycles. The van der Waals surface area contributed by atoms with Gasteiger partial charge in [0.2, 0.25) is 0 Å². The van der Waals surface area contributed by atoms with Gasteiger partial charge in [-0.05, 0) is 34.1 Å². The summed E-state index contributed by atoms with van der Waals surface area (Å²) in [5, 5.41) is -1.34. The lowest BCUT2D eigenvalue weighted by Crippen LogP contribution is -2.36. The standard InChI is InChI=1S/C12H23O6P/c1-6-17-19(15,18-7-2)12(4,10(3)13)9-8-11(14)16-5/h6-9H2,1-5H3/t12-/m0/s1. The highest BCUT2D eigenvalue weighted by Gasteiger charge is 2.50. The first kappa shape index (κ1) is 18.3. The number of ketones is 1. The molecule has 0 rings (SSSR count). The van der Waals surface area contributed by atoms with Crippen LogP contribution in [0.2, 0.25) is 0 Å². The van der Waals surface area contributed by atoms with E-state index >= 15 is 0 Å². The van der Waals surface area contributed by atoms with Crippen LogP contribution in [0.25, 0.3) is 0 Å². The lowest BCUT2D eigenvalue weighted by molar-refractivity contribution is -0.140. The molecular weight excluding hydrogens is 271 g/mol. The predicted octanol–water partition coefficient (Wildman–Crippen LogP) is 2.55. The Bertz CT molecular complexity index is 357. The zero-order valence-electron chi connectivity index (χ0n) is 12.2. The SMILES string of the molecule is CCOP(=O)(OCC)[C@@](C)(CCC(=O)OC)C(C)=O. The molecule has 0 radical (unpaired) electrons. The van der Waals surface area contributed by atoms with Gasteiger partial charge in [-0.25, -0.2) is 0 Å². The average Bonchev–Trinajstić information content (AvgIpc) is 2.35. The summed E-state index contributed by atoms with van der Waals surface area (Å²) in [6.45, 7) is 6.50. The molecule has 0 fully saturated rings. The average molecular weight is 294 g/mol. The second-order valence-electron chi connectivity index (χ2n) is 4.24. The van der Waals surface area contributed by atoms with Crippen LogP contribution < -0.4 is 0 Å². The van der Waals surface area contributed by atoms with Crippen molar-refractivity contribution in [3.63, 3.8) is 0 Å². The second kappa shape index (κ2) is 7.78. The van der Waals surface area contributed by atoms with Crippen LogP contribution in [0.1, 0.15) is 40.5 Å². The van der Waals surface area contributed by atoms with E-state index in [0.29, 0.717) is 0 Å². The summed E-state index contributed by atoms with van der Waals surface area (Å²) >= 11 is 0. The van der Waals surface area contributed by atoms with E-state index in [2.05, 4.69) is 4.74 Å². The third-order valence-corrected chi connectivity index (χ3v) is 5.95. The summed E-state index contributed by atoms with van der Waals surface area (Å²) in [6, 6.07) is 0. The van der Waals surface area contributed by atoms with Gasteiger partial charge in [0.05, 0.1) is 20.3 Å². The van der Waals surface area contributed by atoms with Crippen LogP contribution in [0.15, 0.2) is 0 Å². The second-order valence-corrected chi connectivity index (χ2v) is 6.74. The van der Waals surface area contributed by atoms with E-state index in [-0.39, 0.29) is 31.8 Å². The van der Waals surface area contributed by atoms with Crippen molar-refractivity contribution in [2.45, 2.75) is 45.7 Å².